The van der Waals surface area contributed by atoms with Gasteiger partial charge in [-0.3, -0.25) is 0 Å². The largest absolute Gasteiger partial charge is 0.310 e. The lowest BCUT2D eigenvalue weighted by Crippen LogP contribution is -2.32. The van der Waals surface area contributed by atoms with E-state index in [4.69, 9.17) is 0 Å². The number of thiophene rings is 1. The molecule has 302 valence electrons. The van der Waals surface area contributed by atoms with Gasteiger partial charge in [0.15, 0.2) is 0 Å². The van der Waals surface area contributed by atoms with Crippen LogP contribution in [0.4, 0.5) is 17.1 Å². The number of anilines is 3. The van der Waals surface area contributed by atoms with Crippen LogP contribution in [-0.2, 0) is 5.41 Å². The van der Waals surface area contributed by atoms with Crippen LogP contribution < -0.4 is 4.90 Å². The molecular weight excluding hydrogens is 803 g/mol. The van der Waals surface area contributed by atoms with Crippen LogP contribution >= 0.6 is 11.3 Å². The van der Waals surface area contributed by atoms with Crippen LogP contribution in [0.25, 0.3) is 86.2 Å². The van der Waals surface area contributed by atoms with Crippen molar-refractivity contribution in [3.05, 3.63) is 259 Å². The molecule has 12 aromatic rings. The highest BCUT2D eigenvalue weighted by molar-refractivity contribution is 7.25. The Kier molecular flexibility index (Phi) is 7.84. The number of para-hydroxylation sites is 1. The molecule has 0 amide bonds. The van der Waals surface area contributed by atoms with Gasteiger partial charge in [-0.1, -0.05) is 200 Å². The molecule has 0 bridgehead atoms. The quantitative estimate of drug-likeness (QED) is 0.167. The van der Waals surface area contributed by atoms with Crippen LogP contribution in [0.15, 0.2) is 237 Å². The van der Waals surface area contributed by atoms with Crippen molar-refractivity contribution in [3.63, 3.8) is 0 Å². The van der Waals surface area contributed by atoms with E-state index in [1.54, 1.807) is 0 Å². The lowest BCUT2D eigenvalue weighted by Gasteiger charge is -2.42. The predicted molar refractivity (Wildman–Crippen MR) is 276 cm³/mol. The standard InChI is InChI=1S/C63H39NS/c1-2-16-41(17-3-1)46-22-8-12-30-58(46)64(44-34-37-52-51-25-9-13-31-59(51)65-60(52)39-44)43-33-36-50-48-23-6-10-28-55(48)63(57(50)38-43)56-29-11-7-24-49(56)53-27-15-20-42-32-35-54(62(63)61(42)53)47-26-14-19-40-18-4-5-21-45(40)47/h1-39H. The first-order chi connectivity index (χ1) is 32.3. The number of benzene rings is 11. The molecule has 65 heavy (non-hydrogen) atoms. The first-order valence-electron chi connectivity index (χ1n) is 22.5. The zero-order chi connectivity index (χ0) is 42.6. The van der Waals surface area contributed by atoms with E-state index in [-0.39, 0.29) is 0 Å². The maximum atomic E-state index is 2.54. The van der Waals surface area contributed by atoms with Crippen molar-refractivity contribution < 1.29 is 0 Å². The summed E-state index contributed by atoms with van der Waals surface area (Å²) in [6, 6.07) is 88.7. The van der Waals surface area contributed by atoms with Crippen molar-refractivity contribution in [2.75, 3.05) is 4.90 Å². The summed E-state index contributed by atoms with van der Waals surface area (Å²) in [4.78, 5) is 2.51. The molecule has 1 spiro atoms. The van der Waals surface area contributed by atoms with Gasteiger partial charge in [0.1, 0.15) is 0 Å². The Morgan fingerprint density at radius 1 is 0.323 bits per heavy atom. The lowest BCUT2D eigenvalue weighted by atomic mass is 9.60. The minimum absolute atomic E-state index is 0.640. The molecule has 0 radical (unpaired) electrons. The molecule has 2 heteroatoms. The third-order valence-corrected chi connectivity index (χ3v) is 15.4. The van der Waals surface area contributed by atoms with E-state index in [9.17, 15) is 0 Å². The van der Waals surface area contributed by atoms with E-state index in [1.807, 2.05) is 11.3 Å². The second-order valence-electron chi connectivity index (χ2n) is 17.5. The average molecular weight is 842 g/mol. The molecule has 1 heterocycles. The van der Waals surface area contributed by atoms with Gasteiger partial charge in [0.25, 0.3) is 0 Å². The second-order valence-corrected chi connectivity index (χ2v) is 18.6. The summed E-state index contributed by atoms with van der Waals surface area (Å²) >= 11 is 1.87. The Balaban J connectivity index is 1.11. The summed E-state index contributed by atoms with van der Waals surface area (Å²) in [6.45, 7) is 0. The maximum absolute atomic E-state index is 2.54. The third-order valence-electron chi connectivity index (χ3n) is 14.3. The average Bonchev–Trinajstić information content (AvgIpc) is 3.89. The molecule has 0 N–H and O–H groups in total. The smallest absolute Gasteiger partial charge is 0.0732 e. The molecule has 0 saturated carbocycles. The fourth-order valence-corrected chi connectivity index (χ4v) is 12.8. The van der Waals surface area contributed by atoms with Gasteiger partial charge in [-0.2, -0.15) is 0 Å². The molecule has 0 aliphatic heterocycles. The number of nitrogens with zero attached hydrogens (tertiary/aromatic N) is 1. The van der Waals surface area contributed by atoms with Gasteiger partial charge in [0.2, 0.25) is 0 Å². The monoisotopic (exact) mass is 841 g/mol. The molecular formula is C63H39NS. The molecule has 0 fully saturated rings. The Labute approximate surface area is 381 Å². The highest BCUT2D eigenvalue weighted by Crippen LogP contribution is 2.64. The van der Waals surface area contributed by atoms with E-state index in [1.165, 1.54) is 108 Å². The number of rotatable bonds is 5. The first-order valence-corrected chi connectivity index (χ1v) is 23.3. The molecule has 2 aliphatic rings. The van der Waals surface area contributed by atoms with Crippen LogP contribution in [0.2, 0.25) is 0 Å². The van der Waals surface area contributed by atoms with Crippen LogP contribution in [0.3, 0.4) is 0 Å². The molecule has 2 aliphatic carbocycles. The van der Waals surface area contributed by atoms with Crippen LogP contribution in [0.1, 0.15) is 22.3 Å². The lowest BCUT2D eigenvalue weighted by molar-refractivity contribution is 0.775. The van der Waals surface area contributed by atoms with Gasteiger partial charge in [0, 0.05) is 37.1 Å². The summed E-state index contributed by atoms with van der Waals surface area (Å²) in [5.74, 6) is 0. The highest BCUT2D eigenvalue weighted by Gasteiger charge is 2.51. The van der Waals surface area contributed by atoms with Crippen molar-refractivity contribution in [2.24, 2.45) is 0 Å². The fourth-order valence-electron chi connectivity index (χ4n) is 11.6. The predicted octanol–water partition coefficient (Wildman–Crippen LogP) is 17.5. The molecule has 0 saturated heterocycles. The summed E-state index contributed by atoms with van der Waals surface area (Å²) in [5, 5.41) is 7.69. The molecule has 1 aromatic heterocycles. The van der Waals surface area contributed by atoms with E-state index < -0.39 is 5.41 Å². The Morgan fingerprint density at radius 2 is 0.892 bits per heavy atom. The van der Waals surface area contributed by atoms with Crippen molar-refractivity contribution in [1.29, 1.82) is 0 Å². The maximum Gasteiger partial charge on any atom is 0.0732 e. The first kappa shape index (κ1) is 36.4. The molecule has 1 unspecified atom stereocenters. The SMILES string of the molecule is c1ccc(-c2ccccc2N(c2ccc3c(c2)C2(c4ccccc4-3)c3ccccc3-c3cccc4ccc(-c5cccc6ccccc56)c2c34)c2ccc3c(c2)sc2ccccc23)cc1. The van der Waals surface area contributed by atoms with Gasteiger partial charge in [0.05, 0.1) is 11.1 Å². The fraction of sp³-hybridized carbons (Fsp3) is 0.0159. The van der Waals surface area contributed by atoms with Gasteiger partial charge in [-0.15, -0.1) is 11.3 Å². The zero-order valence-corrected chi connectivity index (χ0v) is 36.2. The minimum atomic E-state index is -0.640. The second kappa shape index (κ2) is 14.0. The van der Waals surface area contributed by atoms with Gasteiger partial charge in [-0.25, -0.2) is 0 Å². The number of hydrogen-bond donors (Lipinski definition) is 0. The van der Waals surface area contributed by atoms with Crippen molar-refractivity contribution >= 4 is 70.1 Å². The van der Waals surface area contributed by atoms with Crippen LogP contribution in [-0.4, -0.2) is 0 Å². The van der Waals surface area contributed by atoms with Gasteiger partial charge >= 0.3 is 0 Å². The molecule has 11 aromatic carbocycles. The third kappa shape index (κ3) is 5.14. The number of hydrogen-bond acceptors (Lipinski definition) is 2. The van der Waals surface area contributed by atoms with Crippen molar-refractivity contribution in [2.45, 2.75) is 5.41 Å². The van der Waals surface area contributed by atoms with E-state index in [0.717, 1.165) is 17.1 Å². The minimum Gasteiger partial charge on any atom is -0.310 e. The van der Waals surface area contributed by atoms with Crippen molar-refractivity contribution in [3.8, 4) is 44.5 Å². The zero-order valence-electron chi connectivity index (χ0n) is 35.4. The Morgan fingerprint density at radius 3 is 1.74 bits per heavy atom. The number of fused-ring (bicyclic) bond motifs is 13. The summed E-state index contributed by atoms with van der Waals surface area (Å²) in [5.41, 5.74) is 18.1. The normalized spacial score (nSPS) is 14.5. The van der Waals surface area contributed by atoms with E-state index >= 15 is 0 Å². The van der Waals surface area contributed by atoms with Crippen LogP contribution in [0, 0.1) is 0 Å². The Bertz CT molecular complexity index is 3910. The highest BCUT2D eigenvalue weighted by atomic mass is 32.1. The molecule has 1 nitrogen and oxygen atoms in total. The van der Waals surface area contributed by atoms with E-state index in [0.29, 0.717) is 0 Å². The van der Waals surface area contributed by atoms with Crippen molar-refractivity contribution in [1.82, 2.24) is 0 Å². The topological polar surface area (TPSA) is 3.24 Å². The molecule has 14 rings (SSSR count). The van der Waals surface area contributed by atoms with Gasteiger partial charge < -0.3 is 4.90 Å². The summed E-state index contributed by atoms with van der Waals surface area (Å²) in [6.07, 6.45) is 0. The molecule has 1 atom stereocenters. The summed E-state index contributed by atoms with van der Waals surface area (Å²) in [7, 11) is 0. The summed E-state index contributed by atoms with van der Waals surface area (Å²) < 4.78 is 2.58. The van der Waals surface area contributed by atoms with Crippen LogP contribution in [0.5, 0.6) is 0 Å². The van der Waals surface area contributed by atoms with E-state index in [2.05, 4.69) is 241 Å². The Hall–Kier alpha value is -8.04. The van der Waals surface area contributed by atoms with Gasteiger partial charge in [-0.05, 0) is 119 Å².